The van der Waals surface area contributed by atoms with E-state index in [9.17, 15) is 65.1 Å². The van der Waals surface area contributed by atoms with E-state index in [1.807, 2.05) is 0 Å². The average molecular weight is 1170 g/mol. The van der Waals surface area contributed by atoms with Crippen LogP contribution < -0.4 is 0 Å². The van der Waals surface area contributed by atoms with Gasteiger partial charge in [-0.2, -0.15) is 0 Å². The summed E-state index contributed by atoms with van der Waals surface area (Å²) in [5, 5.41) is 101. The first-order valence-electron chi connectivity index (χ1n) is 26.8. The van der Waals surface area contributed by atoms with Crippen LogP contribution in [0.15, 0.2) is 152 Å². The van der Waals surface area contributed by atoms with Gasteiger partial charge in [0.2, 0.25) is 0 Å². The molecule has 5 aromatic carbocycles. The molecular weight excluding hydrogens is 1110 g/mol. The van der Waals surface area contributed by atoms with Gasteiger partial charge in [-0.25, -0.2) is 19.2 Å². The third-order valence-electron chi connectivity index (χ3n) is 14.4. The van der Waals surface area contributed by atoms with Crippen molar-refractivity contribution in [2.45, 2.75) is 129 Å². The van der Waals surface area contributed by atoms with Crippen molar-refractivity contribution in [1.82, 2.24) is 0 Å². The summed E-state index contributed by atoms with van der Waals surface area (Å²) in [6.07, 6.45) is -38.6. The molecule has 0 saturated carbocycles. The first kappa shape index (κ1) is 61.8. The Bertz CT molecular complexity index is 2880. The van der Waals surface area contributed by atoms with Crippen LogP contribution in [0.3, 0.4) is 0 Å². The maximum Gasteiger partial charge on any atom is 0.338 e. The van der Waals surface area contributed by atoms with E-state index < -0.39 is 173 Å². The summed E-state index contributed by atoms with van der Waals surface area (Å²) >= 11 is 0. The molecule has 4 saturated heterocycles. The number of carbonyl (C=O) groups is 4. The van der Waals surface area contributed by atoms with Crippen LogP contribution in [0.2, 0.25) is 0 Å². The molecule has 0 amide bonds. The first-order valence-corrected chi connectivity index (χ1v) is 26.8. The van der Waals surface area contributed by atoms with Gasteiger partial charge >= 0.3 is 23.9 Å². The lowest BCUT2D eigenvalue weighted by Crippen LogP contribution is -2.69. The highest BCUT2D eigenvalue weighted by Gasteiger charge is 2.59. The predicted molar refractivity (Wildman–Crippen MR) is 281 cm³/mol. The number of hydrogen-bond acceptors (Lipinski definition) is 25. The zero-order valence-corrected chi connectivity index (χ0v) is 44.6. The molecule has 0 aliphatic carbocycles. The minimum atomic E-state index is -2.18. The summed E-state index contributed by atoms with van der Waals surface area (Å²) in [7, 11) is 0. The highest BCUT2D eigenvalue weighted by atomic mass is 16.8. The molecule has 450 valence electrons. The van der Waals surface area contributed by atoms with Crippen molar-refractivity contribution in [3.05, 3.63) is 179 Å². The third kappa shape index (κ3) is 14.3. The summed E-state index contributed by atoms with van der Waals surface area (Å²) in [5.41, 5.74) is 0.495. The van der Waals surface area contributed by atoms with Crippen LogP contribution in [-0.2, 0) is 63.4 Å². The number of benzene rings is 5. The highest BCUT2D eigenvalue weighted by molar-refractivity contribution is 5.91. The quantitative estimate of drug-likeness (QED) is 0.0343. The molecular formula is C59H64O25. The molecule has 0 bridgehead atoms. The van der Waals surface area contributed by atoms with Crippen LogP contribution >= 0.6 is 0 Å². The van der Waals surface area contributed by atoms with E-state index >= 15 is 0 Å². The molecule has 5 aromatic rings. The summed E-state index contributed by atoms with van der Waals surface area (Å²) in [6, 6.07) is 38.5. The standard InChI is InChI=1S/C59H64O25/c60-26-36-40(64)44(68)48(78-52(69)32-18-8-2-9-19-32)57(75-36)82-46-42(66)38(28-62)77-59(50(46)80-54(71)34-22-12-4-13-23-34)84-47-43(67)39(29-63)76-58(51(47)81-55(72)35-24-14-5-15-25-35)83-45-41(65)37(27-61)74-56(73-30-31-16-6-1-7-17-31)49(45)79-53(70)33-20-10-3-11-21-33/h1-25,36-51,56-68H,26-30H2/t36?,37?,38?,39?,40-,41-,42-,43-,44+,45+,46+,47+,48?,49?,50?,51?,56-,57+,58+,59+/m1/s1. The second-order valence-corrected chi connectivity index (χ2v) is 19.9. The van der Waals surface area contributed by atoms with Crippen molar-refractivity contribution in [3.63, 3.8) is 0 Å². The minimum absolute atomic E-state index is 0.0164. The Kier molecular flexibility index (Phi) is 21.3. The van der Waals surface area contributed by atoms with Gasteiger partial charge in [-0.15, -0.1) is 0 Å². The number of hydrogen-bond donors (Lipinski definition) is 9. The molecule has 84 heavy (non-hydrogen) atoms. The first-order chi connectivity index (χ1) is 40.7. The van der Waals surface area contributed by atoms with E-state index in [1.54, 1.807) is 66.7 Å². The van der Waals surface area contributed by atoms with Gasteiger partial charge in [-0.05, 0) is 54.1 Å². The lowest BCUT2D eigenvalue weighted by Gasteiger charge is -2.50. The van der Waals surface area contributed by atoms with Gasteiger partial charge in [0.15, 0.2) is 49.6 Å². The number of aliphatic hydroxyl groups is 9. The van der Waals surface area contributed by atoms with Crippen LogP contribution in [0, 0.1) is 0 Å². The van der Waals surface area contributed by atoms with E-state index in [2.05, 4.69) is 0 Å². The zero-order valence-electron chi connectivity index (χ0n) is 44.6. The number of aliphatic hydroxyl groups excluding tert-OH is 9. The van der Waals surface area contributed by atoms with Crippen LogP contribution in [0.5, 0.6) is 0 Å². The topological polar surface area (TPSA) is 361 Å². The lowest BCUT2D eigenvalue weighted by atomic mass is 9.95. The molecule has 0 aromatic heterocycles. The monoisotopic (exact) mass is 1170 g/mol. The Balaban J connectivity index is 1.11. The molecule has 8 unspecified atom stereocenters. The average Bonchev–Trinajstić information content (AvgIpc) is 2.68. The van der Waals surface area contributed by atoms with Gasteiger partial charge in [-0.1, -0.05) is 103 Å². The van der Waals surface area contributed by atoms with Crippen molar-refractivity contribution in [2.24, 2.45) is 0 Å². The molecule has 25 heteroatoms. The fourth-order valence-corrected chi connectivity index (χ4v) is 9.89. The molecule has 4 fully saturated rings. The lowest BCUT2D eigenvalue weighted by molar-refractivity contribution is -0.389. The normalized spacial score (nSPS) is 33.2. The maximum atomic E-state index is 14.3. The molecule has 0 spiro atoms. The zero-order chi connectivity index (χ0) is 59.4. The van der Waals surface area contributed by atoms with E-state index in [0.29, 0.717) is 5.56 Å². The molecule has 4 aliphatic rings. The van der Waals surface area contributed by atoms with Gasteiger partial charge in [0.25, 0.3) is 0 Å². The number of rotatable bonds is 21. The summed E-state index contributed by atoms with van der Waals surface area (Å²) in [4.78, 5) is 56.0. The van der Waals surface area contributed by atoms with Gasteiger partial charge in [-0.3, -0.25) is 0 Å². The second-order valence-electron chi connectivity index (χ2n) is 19.9. The summed E-state index contributed by atoms with van der Waals surface area (Å²) in [5.74, 6) is -4.23. The smallest absolute Gasteiger partial charge is 0.338 e. The molecule has 20 atom stereocenters. The van der Waals surface area contributed by atoms with Crippen LogP contribution in [0.1, 0.15) is 47.0 Å². The van der Waals surface area contributed by atoms with Crippen molar-refractivity contribution in [1.29, 1.82) is 0 Å². The Hall–Kier alpha value is -6.70. The van der Waals surface area contributed by atoms with Crippen molar-refractivity contribution in [3.8, 4) is 0 Å². The van der Waals surface area contributed by atoms with E-state index in [1.165, 1.54) is 84.9 Å². The fraction of sp³-hybridized carbons (Fsp3) is 0.424. The molecule has 9 rings (SSSR count). The van der Waals surface area contributed by atoms with Crippen LogP contribution in [0.4, 0.5) is 0 Å². The van der Waals surface area contributed by atoms with Gasteiger partial charge < -0.3 is 103 Å². The Morgan fingerprint density at radius 2 is 0.583 bits per heavy atom. The SMILES string of the molecule is O=C(OC1[C@H](O[C@@H]2C(OC(=O)c3ccccc3)[C@H](O[C@@H]3C(OC(=O)c4ccccc4)[C@H](O[C@@H]4C(OC(=O)c5ccccc5)[C@H](OCc5ccccc5)OC(CO)[C@H]4O)OC(CO)[C@H]3O)OC(CO)[C@H]2O)OC(CO)[C@@H](O)[C@@H]1O)c1ccccc1. The van der Waals surface area contributed by atoms with Crippen molar-refractivity contribution < 1.29 is 122 Å². The highest BCUT2D eigenvalue weighted by Crippen LogP contribution is 2.38. The fourth-order valence-electron chi connectivity index (χ4n) is 9.89. The molecule has 0 radical (unpaired) electrons. The minimum Gasteiger partial charge on any atom is -0.450 e. The second kappa shape index (κ2) is 28.9. The van der Waals surface area contributed by atoms with Gasteiger partial charge in [0, 0.05) is 0 Å². The largest absolute Gasteiger partial charge is 0.450 e. The van der Waals surface area contributed by atoms with E-state index in [4.69, 9.17) is 56.8 Å². The van der Waals surface area contributed by atoms with Gasteiger partial charge in [0.05, 0.1) is 55.3 Å². The maximum absolute atomic E-state index is 14.3. The number of carbonyl (C=O) groups excluding carboxylic acids is 4. The van der Waals surface area contributed by atoms with Crippen molar-refractivity contribution in [2.75, 3.05) is 26.4 Å². The summed E-state index contributed by atoms with van der Waals surface area (Å²) < 4.78 is 73.6. The Morgan fingerprint density at radius 3 is 0.905 bits per heavy atom. The Morgan fingerprint density at radius 1 is 0.321 bits per heavy atom. The predicted octanol–water partition coefficient (Wildman–Crippen LogP) is -0.0655. The van der Waals surface area contributed by atoms with Crippen molar-refractivity contribution >= 4 is 23.9 Å². The van der Waals surface area contributed by atoms with E-state index in [0.717, 1.165) is 0 Å². The molecule has 9 N–H and O–H groups in total. The number of ether oxygens (including phenoxy) is 12. The third-order valence-corrected chi connectivity index (χ3v) is 14.4. The van der Waals surface area contributed by atoms with E-state index in [-0.39, 0.29) is 28.9 Å². The van der Waals surface area contributed by atoms with Gasteiger partial charge in [0.1, 0.15) is 73.2 Å². The van der Waals surface area contributed by atoms with Crippen LogP contribution in [0.25, 0.3) is 0 Å². The molecule has 4 heterocycles. The summed E-state index contributed by atoms with van der Waals surface area (Å²) in [6.45, 7) is -4.04. The Labute approximate surface area is 479 Å². The molecule has 4 aliphatic heterocycles. The number of esters is 4. The molecule has 25 nitrogen and oxygen atoms in total. The van der Waals surface area contributed by atoms with Crippen LogP contribution in [-0.4, -0.2) is 219 Å².